The molecule has 1 aromatic rings. The number of aromatic hydroxyl groups is 1. The normalized spacial score (nSPS) is 36.5. The van der Waals surface area contributed by atoms with Crippen LogP contribution in [-0.4, -0.2) is 30.5 Å². The van der Waals surface area contributed by atoms with E-state index in [2.05, 4.69) is 26.8 Å². The fourth-order valence-corrected chi connectivity index (χ4v) is 4.46. The molecule has 2 aliphatic rings. The average Bonchev–Trinajstić information content (AvgIpc) is 2.53. The van der Waals surface area contributed by atoms with Crippen molar-refractivity contribution in [2.75, 3.05) is 20.3 Å². The number of rotatable bonds is 3. The largest absolute Gasteiger partial charge is 0.504 e. The summed E-state index contributed by atoms with van der Waals surface area (Å²) in [5.41, 5.74) is 2.11. The molecule has 1 fully saturated rings. The average molecular weight is 318 g/mol. The van der Waals surface area contributed by atoms with Crippen molar-refractivity contribution < 1.29 is 19.7 Å². The molecule has 1 aliphatic heterocycles. The number of ether oxygens (including phenoxy) is 2. The molecular formula is C19H26O4. The maximum Gasteiger partial charge on any atom is 0.160 e. The third-order valence-corrected chi connectivity index (χ3v) is 6.08. The van der Waals surface area contributed by atoms with Gasteiger partial charge in [-0.25, -0.2) is 0 Å². The van der Waals surface area contributed by atoms with Crippen molar-refractivity contribution in [2.24, 2.45) is 23.2 Å². The van der Waals surface area contributed by atoms with Crippen LogP contribution >= 0.6 is 0 Å². The van der Waals surface area contributed by atoms with Gasteiger partial charge in [0.2, 0.25) is 0 Å². The molecule has 1 aromatic carbocycles. The molecule has 3 rings (SSSR count). The van der Waals surface area contributed by atoms with Crippen LogP contribution in [0, 0.1) is 23.2 Å². The lowest BCUT2D eigenvalue weighted by Crippen LogP contribution is -2.53. The number of hydrogen-bond donors (Lipinski definition) is 2. The van der Waals surface area contributed by atoms with Crippen LogP contribution in [0.2, 0.25) is 0 Å². The highest BCUT2D eigenvalue weighted by molar-refractivity contribution is 5.43. The van der Waals surface area contributed by atoms with E-state index in [9.17, 15) is 10.2 Å². The van der Waals surface area contributed by atoms with Crippen LogP contribution in [0.1, 0.15) is 32.4 Å². The van der Waals surface area contributed by atoms with Gasteiger partial charge in [-0.15, -0.1) is 0 Å². The predicted octanol–water partition coefficient (Wildman–Crippen LogP) is 3.30. The lowest BCUT2D eigenvalue weighted by Gasteiger charge is -2.55. The molecule has 23 heavy (non-hydrogen) atoms. The van der Waals surface area contributed by atoms with Gasteiger partial charge in [0.05, 0.1) is 26.4 Å². The van der Waals surface area contributed by atoms with Crippen molar-refractivity contribution in [2.45, 2.75) is 26.9 Å². The zero-order valence-corrected chi connectivity index (χ0v) is 14.2. The van der Waals surface area contributed by atoms with Gasteiger partial charge in [0, 0.05) is 11.3 Å². The van der Waals surface area contributed by atoms with Gasteiger partial charge in [-0.1, -0.05) is 31.6 Å². The Morgan fingerprint density at radius 3 is 2.74 bits per heavy atom. The minimum atomic E-state index is -0.207. The quantitative estimate of drug-likeness (QED) is 0.840. The van der Waals surface area contributed by atoms with Crippen molar-refractivity contribution in [1.29, 1.82) is 0 Å². The Morgan fingerprint density at radius 1 is 1.35 bits per heavy atom. The molecule has 5 atom stereocenters. The highest BCUT2D eigenvalue weighted by Crippen LogP contribution is 2.56. The second-order valence-corrected chi connectivity index (χ2v) is 7.07. The molecule has 2 N–H and O–H groups in total. The summed E-state index contributed by atoms with van der Waals surface area (Å²) in [7, 11) is 1.55. The van der Waals surface area contributed by atoms with Gasteiger partial charge in [-0.05, 0) is 36.5 Å². The Morgan fingerprint density at radius 2 is 2.09 bits per heavy atom. The van der Waals surface area contributed by atoms with Gasteiger partial charge in [-0.3, -0.25) is 0 Å². The molecule has 4 nitrogen and oxygen atoms in total. The number of allylic oxidation sites excluding steroid dienone is 1. The van der Waals surface area contributed by atoms with E-state index in [1.54, 1.807) is 13.2 Å². The topological polar surface area (TPSA) is 58.9 Å². The van der Waals surface area contributed by atoms with Gasteiger partial charge in [-0.2, -0.15) is 0 Å². The van der Waals surface area contributed by atoms with E-state index in [4.69, 9.17) is 9.47 Å². The lowest BCUT2D eigenvalue weighted by atomic mass is 9.56. The predicted molar refractivity (Wildman–Crippen MR) is 88.4 cm³/mol. The second kappa shape index (κ2) is 5.84. The number of aliphatic hydroxyl groups is 1. The van der Waals surface area contributed by atoms with Crippen LogP contribution in [0.4, 0.5) is 0 Å². The Kier molecular flexibility index (Phi) is 4.15. The monoisotopic (exact) mass is 318 g/mol. The number of fused-ring (bicyclic) bond motifs is 2. The first kappa shape index (κ1) is 16.3. The first-order chi connectivity index (χ1) is 10.9. The van der Waals surface area contributed by atoms with Crippen LogP contribution in [0.25, 0.3) is 0 Å². The van der Waals surface area contributed by atoms with E-state index < -0.39 is 0 Å². The molecule has 1 heterocycles. The van der Waals surface area contributed by atoms with Crippen LogP contribution in [0.15, 0.2) is 29.8 Å². The molecular weight excluding hydrogens is 292 g/mol. The summed E-state index contributed by atoms with van der Waals surface area (Å²) in [5, 5.41) is 19.9. The summed E-state index contributed by atoms with van der Waals surface area (Å²) in [6, 6.07) is 5.40. The molecule has 2 bridgehead atoms. The molecule has 0 spiro atoms. The summed E-state index contributed by atoms with van der Waals surface area (Å²) >= 11 is 0. The van der Waals surface area contributed by atoms with E-state index in [-0.39, 0.29) is 29.8 Å². The van der Waals surface area contributed by atoms with E-state index in [1.807, 2.05) is 12.1 Å². The summed E-state index contributed by atoms with van der Waals surface area (Å²) in [5.74, 6) is 1.44. The SMILES string of the molecule is COc1cc([C@H]2OC[C@@]3(CO)[C@H](C)[C@@H]2C(C)=C[C@@H]3C)ccc1O. The summed E-state index contributed by atoms with van der Waals surface area (Å²) in [6.45, 7) is 7.22. The lowest BCUT2D eigenvalue weighted by molar-refractivity contribution is -0.165. The third kappa shape index (κ3) is 2.36. The van der Waals surface area contributed by atoms with Gasteiger partial charge >= 0.3 is 0 Å². The summed E-state index contributed by atoms with van der Waals surface area (Å²) in [4.78, 5) is 0. The number of methoxy groups -OCH3 is 1. The van der Waals surface area contributed by atoms with Crippen molar-refractivity contribution in [1.82, 2.24) is 0 Å². The number of aliphatic hydroxyl groups excluding tert-OH is 1. The first-order valence-electron chi connectivity index (χ1n) is 8.22. The molecule has 0 saturated carbocycles. The van der Waals surface area contributed by atoms with Gasteiger partial charge < -0.3 is 19.7 Å². The number of hydrogen-bond acceptors (Lipinski definition) is 4. The minimum absolute atomic E-state index is 0.0806. The van der Waals surface area contributed by atoms with E-state index >= 15 is 0 Å². The maximum atomic E-state index is 10.0. The Labute approximate surface area is 137 Å². The van der Waals surface area contributed by atoms with Gasteiger partial charge in [0.15, 0.2) is 11.5 Å². The zero-order valence-electron chi connectivity index (χ0n) is 14.2. The van der Waals surface area contributed by atoms with Gasteiger partial charge in [0.1, 0.15) is 0 Å². The Balaban J connectivity index is 2.02. The van der Waals surface area contributed by atoms with E-state index in [1.165, 1.54) is 5.57 Å². The second-order valence-electron chi connectivity index (χ2n) is 7.07. The molecule has 0 unspecified atom stereocenters. The van der Waals surface area contributed by atoms with Crippen molar-refractivity contribution >= 4 is 0 Å². The molecule has 0 aromatic heterocycles. The Bertz CT molecular complexity index is 624. The highest BCUT2D eigenvalue weighted by Gasteiger charge is 2.53. The molecule has 4 heteroatoms. The van der Waals surface area contributed by atoms with Crippen molar-refractivity contribution in [3.05, 3.63) is 35.4 Å². The molecule has 1 aliphatic carbocycles. The summed E-state index contributed by atoms with van der Waals surface area (Å²) in [6.07, 6.45) is 2.21. The maximum absolute atomic E-state index is 10.0. The van der Waals surface area contributed by atoms with Crippen LogP contribution < -0.4 is 4.74 Å². The standard InChI is InChI=1S/C19H26O4/c1-11-7-12(2)19(9-20)10-23-18(17(11)13(19)3)14-5-6-15(21)16(8-14)22-4/h5-8,12-13,17-18,20-21H,9-10H2,1-4H3/t12-,13+,17-,18+,19+/m0/s1. The number of phenols is 1. The van der Waals surface area contributed by atoms with Crippen LogP contribution in [-0.2, 0) is 4.74 Å². The zero-order chi connectivity index (χ0) is 16.8. The highest BCUT2D eigenvalue weighted by atomic mass is 16.5. The number of phenolic OH excluding ortho intramolecular Hbond substituents is 1. The van der Waals surface area contributed by atoms with Crippen molar-refractivity contribution in [3.8, 4) is 11.5 Å². The van der Waals surface area contributed by atoms with E-state index in [0.717, 1.165) is 5.56 Å². The Hall–Kier alpha value is -1.52. The van der Waals surface area contributed by atoms with Crippen LogP contribution in [0.5, 0.6) is 11.5 Å². The number of benzene rings is 1. The van der Waals surface area contributed by atoms with Crippen molar-refractivity contribution in [3.63, 3.8) is 0 Å². The summed E-state index contributed by atoms with van der Waals surface area (Å²) < 4.78 is 11.5. The van der Waals surface area contributed by atoms with Crippen LogP contribution in [0.3, 0.4) is 0 Å². The molecule has 1 saturated heterocycles. The van der Waals surface area contributed by atoms with E-state index in [0.29, 0.717) is 24.2 Å². The minimum Gasteiger partial charge on any atom is -0.504 e. The fourth-order valence-electron chi connectivity index (χ4n) is 4.46. The fraction of sp³-hybridized carbons (Fsp3) is 0.579. The third-order valence-electron chi connectivity index (χ3n) is 6.08. The smallest absolute Gasteiger partial charge is 0.160 e. The first-order valence-corrected chi connectivity index (χ1v) is 8.22. The van der Waals surface area contributed by atoms with Gasteiger partial charge in [0.25, 0.3) is 0 Å². The molecule has 126 valence electrons. The molecule has 0 radical (unpaired) electrons. The molecule has 0 amide bonds.